The third-order valence-electron chi connectivity index (χ3n) is 1.87. The van der Waals surface area contributed by atoms with E-state index in [0.29, 0.717) is 0 Å². The van der Waals surface area contributed by atoms with Crippen molar-refractivity contribution in [2.24, 2.45) is 0 Å². The summed E-state index contributed by atoms with van der Waals surface area (Å²) in [7, 11) is 3.92. The van der Waals surface area contributed by atoms with Crippen molar-refractivity contribution in [3.63, 3.8) is 0 Å². The van der Waals surface area contributed by atoms with Crippen LogP contribution in [0.15, 0.2) is 0 Å². The number of alkyl halides is 3. The Morgan fingerprint density at radius 2 is 1.93 bits per heavy atom. The first-order valence-electron chi connectivity index (χ1n) is 4.90. The number of rotatable bonds is 7. The van der Waals surface area contributed by atoms with Crippen LogP contribution < -0.4 is 5.32 Å². The molecule has 3 nitrogen and oxygen atoms in total. The van der Waals surface area contributed by atoms with Gasteiger partial charge in [0.25, 0.3) is 0 Å². The van der Waals surface area contributed by atoms with E-state index in [2.05, 4.69) is 10.1 Å². The van der Waals surface area contributed by atoms with Crippen LogP contribution in [0.2, 0.25) is 0 Å². The van der Waals surface area contributed by atoms with Gasteiger partial charge in [0.15, 0.2) is 0 Å². The van der Waals surface area contributed by atoms with Gasteiger partial charge in [-0.25, -0.2) is 0 Å². The molecule has 15 heavy (non-hydrogen) atoms. The molecule has 0 saturated heterocycles. The average molecular weight is 228 g/mol. The molecule has 0 aliphatic rings. The molecule has 0 aromatic rings. The van der Waals surface area contributed by atoms with E-state index in [-0.39, 0.29) is 19.2 Å². The molecule has 0 amide bonds. The monoisotopic (exact) mass is 228 g/mol. The summed E-state index contributed by atoms with van der Waals surface area (Å²) >= 11 is 0. The molecule has 0 aliphatic carbocycles. The lowest BCUT2D eigenvalue weighted by atomic mass is 10.2. The van der Waals surface area contributed by atoms with Crippen LogP contribution >= 0.6 is 0 Å². The van der Waals surface area contributed by atoms with Gasteiger partial charge >= 0.3 is 6.36 Å². The van der Waals surface area contributed by atoms with Gasteiger partial charge in [0.1, 0.15) is 0 Å². The topological polar surface area (TPSA) is 24.5 Å². The lowest BCUT2D eigenvalue weighted by Gasteiger charge is -2.16. The van der Waals surface area contributed by atoms with Crippen molar-refractivity contribution < 1.29 is 17.9 Å². The largest absolute Gasteiger partial charge is 0.522 e. The molecule has 0 bridgehead atoms. The molecule has 0 heterocycles. The van der Waals surface area contributed by atoms with Gasteiger partial charge in [0, 0.05) is 12.6 Å². The molecule has 0 saturated carbocycles. The molecule has 1 unspecified atom stereocenters. The zero-order valence-corrected chi connectivity index (χ0v) is 9.40. The molecule has 92 valence electrons. The fraction of sp³-hybridized carbons (Fsp3) is 1.00. The first-order valence-corrected chi connectivity index (χ1v) is 4.90. The molecule has 0 aliphatic heterocycles. The van der Waals surface area contributed by atoms with Crippen LogP contribution in [0.4, 0.5) is 13.2 Å². The Kier molecular flexibility index (Phi) is 6.87. The van der Waals surface area contributed by atoms with E-state index in [1.165, 1.54) is 0 Å². The Bertz CT molecular complexity index is 162. The van der Waals surface area contributed by atoms with Crippen molar-refractivity contribution in [2.75, 3.05) is 33.8 Å². The van der Waals surface area contributed by atoms with Crippen molar-refractivity contribution in [2.45, 2.75) is 25.7 Å². The van der Waals surface area contributed by atoms with Gasteiger partial charge < -0.3 is 10.2 Å². The maximum Gasteiger partial charge on any atom is 0.522 e. The van der Waals surface area contributed by atoms with Gasteiger partial charge in [-0.2, -0.15) is 0 Å². The summed E-state index contributed by atoms with van der Waals surface area (Å²) in [4.78, 5) is 2.03. The van der Waals surface area contributed by atoms with E-state index in [9.17, 15) is 13.2 Å². The first kappa shape index (κ1) is 14.7. The van der Waals surface area contributed by atoms with Gasteiger partial charge in [-0.15, -0.1) is 13.2 Å². The molecular weight excluding hydrogens is 209 g/mol. The summed E-state index contributed by atoms with van der Waals surface area (Å²) < 4.78 is 38.4. The summed E-state index contributed by atoms with van der Waals surface area (Å²) in [5.41, 5.74) is 0. The molecule has 0 aromatic carbocycles. The zero-order valence-electron chi connectivity index (χ0n) is 9.40. The molecule has 0 fully saturated rings. The van der Waals surface area contributed by atoms with Crippen molar-refractivity contribution >= 4 is 0 Å². The number of halogens is 3. The zero-order chi connectivity index (χ0) is 11.9. The van der Waals surface area contributed by atoms with Crippen LogP contribution in [-0.2, 0) is 4.74 Å². The maximum absolute atomic E-state index is 11.6. The Morgan fingerprint density at radius 1 is 1.33 bits per heavy atom. The van der Waals surface area contributed by atoms with E-state index in [0.717, 1.165) is 13.0 Å². The molecule has 1 atom stereocenters. The number of ether oxygens (including phenoxy) is 1. The predicted octanol–water partition coefficient (Wildman–Crippen LogP) is 1.45. The molecule has 0 aromatic heterocycles. The van der Waals surface area contributed by atoms with E-state index < -0.39 is 6.36 Å². The summed E-state index contributed by atoms with van der Waals surface area (Å²) in [6.07, 6.45) is -3.62. The number of hydrogen-bond acceptors (Lipinski definition) is 3. The molecule has 0 spiro atoms. The highest BCUT2D eigenvalue weighted by molar-refractivity contribution is 4.61. The molecular formula is C9H19F3N2O. The van der Waals surface area contributed by atoms with Crippen molar-refractivity contribution in [1.82, 2.24) is 10.2 Å². The standard InChI is InChI=1S/C9H19F3N2O/c1-8(4-6-14(2)3)13-5-7-15-9(10,11)12/h8,13H,4-7H2,1-3H3. The second-order valence-electron chi connectivity index (χ2n) is 3.74. The highest BCUT2D eigenvalue weighted by atomic mass is 19.4. The van der Waals surface area contributed by atoms with Gasteiger partial charge in [0.2, 0.25) is 0 Å². The predicted molar refractivity (Wildman–Crippen MR) is 52.6 cm³/mol. The van der Waals surface area contributed by atoms with E-state index >= 15 is 0 Å². The van der Waals surface area contributed by atoms with Gasteiger partial charge in [-0.3, -0.25) is 4.74 Å². The smallest absolute Gasteiger partial charge is 0.312 e. The summed E-state index contributed by atoms with van der Waals surface area (Å²) in [6.45, 7) is 2.73. The number of nitrogens with one attached hydrogen (secondary N) is 1. The van der Waals surface area contributed by atoms with Crippen LogP contribution in [0.3, 0.4) is 0 Å². The highest BCUT2D eigenvalue weighted by Crippen LogP contribution is 2.15. The first-order chi connectivity index (χ1) is 6.81. The minimum absolute atomic E-state index is 0.198. The van der Waals surface area contributed by atoms with E-state index in [1.807, 2.05) is 25.9 Å². The maximum atomic E-state index is 11.6. The highest BCUT2D eigenvalue weighted by Gasteiger charge is 2.28. The third-order valence-corrected chi connectivity index (χ3v) is 1.87. The van der Waals surface area contributed by atoms with Gasteiger partial charge in [-0.05, 0) is 34.0 Å². The normalized spacial score (nSPS) is 14.6. The second-order valence-corrected chi connectivity index (χ2v) is 3.74. The lowest BCUT2D eigenvalue weighted by Crippen LogP contribution is -2.33. The minimum atomic E-state index is -4.52. The van der Waals surface area contributed by atoms with Crippen LogP contribution in [-0.4, -0.2) is 51.1 Å². The molecule has 6 heteroatoms. The van der Waals surface area contributed by atoms with Crippen molar-refractivity contribution in [3.05, 3.63) is 0 Å². The third kappa shape index (κ3) is 11.6. The fourth-order valence-corrected chi connectivity index (χ4v) is 1.03. The molecule has 1 N–H and O–H groups in total. The lowest BCUT2D eigenvalue weighted by molar-refractivity contribution is -0.323. The second kappa shape index (κ2) is 7.03. The van der Waals surface area contributed by atoms with Crippen LogP contribution in [0, 0.1) is 0 Å². The summed E-state index contributed by atoms with van der Waals surface area (Å²) in [5, 5.41) is 2.96. The minimum Gasteiger partial charge on any atom is -0.312 e. The van der Waals surface area contributed by atoms with Crippen LogP contribution in [0.25, 0.3) is 0 Å². The number of hydrogen-bond donors (Lipinski definition) is 1. The van der Waals surface area contributed by atoms with E-state index in [4.69, 9.17) is 0 Å². The van der Waals surface area contributed by atoms with Crippen LogP contribution in [0.5, 0.6) is 0 Å². The Balaban J connectivity index is 3.35. The van der Waals surface area contributed by atoms with Crippen molar-refractivity contribution in [3.8, 4) is 0 Å². The number of nitrogens with zero attached hydrogens (tertiary/aromatic N) is 1. The Morgan fingerprint density at radius 3 is 2.40 bits per heavy atom. The quantitative estimate of drug-likeness (QED) is 0.667. The van der Waals surface area contributed by atoms with Crippen molar-refractivity contribution in [1.29, 1.82) is 0 Å². The fourth-order valence-electron chi connectivity index (χ4n) is 1.03. The Hall–Kier alpha value is -0.330. The van der Waals surface area contributed by atoms with E-state index in [1.54, 1.807) is 0 Å². The van der Waals surface area contributed by atoms with Gasteiger partial charge in [-0.1, -0.05) is 0 Å². The average Bonchev–Trinajstić information content (AvgIpc) is 2.07. The van der Waals surface area contributed by atoms with Gasteiger partial charge in [0.05, 0.1) is 6.61 Å². The molecule has 0 rings (SSSR count). The summed E-state index contributed by atoms with van der Waals surface area (Å²) in [5.74, 6) is 0. The Labute approximate surface area is 88.6 Å². The summed E-state index contributed by atoms with van der Waals surface area (Å²) in [6, 6.07) is 0.198. The molecule has 0 radical (unpaired) electrons. The SMILES string of the molecule is CC(CCN(C)C)NCCOC(F)(F)F. The van der Waals surface area contributed by atoms with Crippen LogP contribution in [0.1, 0.15) is 13.3 Å².